The zero-order chi connectivity index (χ0) is 10.4. The highest BCUT2D eigenvalue weighted by Crippen LogP contribution is 2.11. The summed E-state index contributed by atoms with van der Waals surface area (Å²) in [4.78, 5) is 0. The summed E-state index contributed by atoms with van der Waals surface area (Å²) >= 11 is 0. The second kappa shape index (κ2) is 5.60. The van der Waals surface area contributed by atoms with E-state index in [1.54, 1.807) is 12.1 Å². The van der Waals surface area contributed by atoms with Crippen molar-refractivity contribution in [2.24, 2.45) is 0 Å². The Balaban J connectivity index is 2.39. The SMILES string of the molecule is CC(CCCO)Nc1ccc(F)cc1. The molecule has 78 valence electrons. The van der Waals surface area contributed by atoms with Gasteiger partial charge in [-0.1, -0.05) is 0 Å². The minimum absolute atomic E-state index is 0.218. The maximum Gasteiger partial charge on any atom is 0.123 e. The Morgan fingerprint density at radius 2 is 2.00 bits per heavy atom. The first kappa shape index (κ1) is 11.0. The Hall–Kier alpha value is -1.09. The molecule has 14 heavy (non-hydrogen) atoms. The van der Waals surface area contributed by atoms with E-state index in [-0.39, 0.29) is 12.4 Å². The molecule has 0 aliphatic rings. The van der Waals surface area contributed by atoms with Crippen LogP contribution in [0.2, 0.25) is 0 Å². The van der Waals surface area contributed by atoms with Gasteiger partial charge in [0.15, 0.2) is 0 Å². The van der Waals surface area contributed by atoms with E-state index in [0.29, 0.717) is 6.04 Å². The van der Waals surface area contributed by atoms with Crippen molar-refractivity contribution in [3.05, 3.63) is 30.1 Å². The number of aliphatic hydroxyl groups excluding tert-OH is 1. The number of anilines is 1. The lowest BCUT2D eigenvalue weighted by Gasteiger charge is -2.14. The van der Waals surface area contributed by atoms with Gasteiger partial charge in [-0.05, 0) is 44.0 Å². The lowest BCUT2D eigenvalue weighted by atomic mass is 10.2. The first-order chi connectivity index (χ1) is 6.72. The second-order valence-electron chi connectivity index (χ2n) is 3.42. The first-order valence-corrected chi connectivity index (χ1v) is 4.85. The smallest absolute Gasteiger partial charge is 0.123 e. The van der Waals surface area contributed by atoms with E-state index in [1.807, 2.05) is 6.92 Å². The zero-order valence-electron chi connectivity index (χ0n) is 8.33. The molecule has 1 atom stereocenters. The molecule has 0 radical (unpaired) electrons. The summed E-state index contributed by atoms with van der Waals surface area (Å²) in [6.07, 6.45) is 1.70. The maximum atomic E-state index is 12.6. The lowest BCUT2D eigenvalue weighted by Crippen LogP contribution is -2.15. The van der Waals surface area contributed by atoms with Gasteiger partial charge in [0.05, 0.1) is 0 Å². The molecule has 0 saturated heterocycles. The normalized spacial score (nSPS) is 12.5. The molecule has 1 unspecified atom stereocenters. The fourth-order valence-electron chi connectivity index (χ4n) is 1.30. The van der Waals surface area contributed by atoms with E-state index < -0.39 is 0 Å². The predicted octanol–water partition coefficient (Wildman–Crippen LogP) is 2.40. The van der Waals surface area contributed by atoms with Crippen molar-refractivity contribution < 1.29 is 9.50 Å². The average molecular weight is 197 g/mol. The number of halogens is 1. The van der Waals surface area contributed by atoms with E-state index in [4.69, 9.17) is 5.11 Å². The van der Waals surface area contributed by atoms with E-state index >= 15 is 0 Å². The van der Waals surface area contributed by atoms with Crippen LogP contribution < -0.4 is 5.32 Å². The van der Waals surface area contributed by atoms with Crippen molar-refractivity contribution in [2.45, 2.75) is 25.8 Å². The summed E-state index contributed by atoms with van der Waals surface area (Å²) < 4.78 is 12.6. The third-order valence-electron chi connectivity index (χ3n) is 2.05. The molecule has 0 heterocycles. The summed E-state index contributed by atoms with van der Waals surface area (Å²) in [6, 6.07) is 6.59. The summed E-state index contributed by atoms with van der Waals surface area (Å²) in [5.74, 6) is -0.224. The molecule has 1 rings (SSSR count). The summed E-state index contributed by atoms with van der Waals surface area (Å²) in [7, 11) is 0. The average Bonchev–Trinajstić information content (AvgIpc) is 2.18. The molecule has 0 bridgehead atoms. The molecule has 1 aromatic carbocycles. The molecule has 2 N–H and O–H groups in total. The van der Waals surface area contributed by atoms with Gasteiger partial charge >= 0.3 is 0 Å². The minimum Gasteiger partial charge on any atom is -0.396 e. The molecule has 1 aromatic rings. The fourth-order valence-corrected chi connectivity index (χ4v) is 1.30. The van der Waals surface area contributed by atoms with Gasteiger partial charge < -0.3 is 10.4 Å². The highest BCUT2D eigenvalue weighted by atomic mass is 19.1. The van der Waals surface area contributed by atoms with Crippen molar-refractivity contribution in [2.75, 3.05) is 11.9 Å². The van der Waals surface area contributed by atoms with Gasteiger partial charge in [0.25, 0.3) is 0 Å². The van der Waals surface area contributed by atoms with Crippen molar-refractivity contribution >= 4 is 5.69 Å². The van der Waals surface area contributed by atoms with Gasteiger partial charge in [-0.25, -0.2) is 4.39 Å². The topological polar surface area (TPSA) is 32.3 Å². The van der Waals surface area contributed by atoms with Crippen LogP contribution >= 0.6 is 0 Å². The van der Waals surface area contributed by atoms with Crippen molar-refractivity contribution in [3.8, 4) is 0 Å². The second-order valence-corrected chi connectivity index (χ2v) is 3.42. The summed E-state index contributed by atoms with van der Waals surface area (Å²) in [5, 5.41) is 11.9. The monoisotopic (exact) mass is 197 g/mol. The highest BCUT2D eigenvalue weighted by molar-refractivity contribution is 5.43. The number of benzene rings is 1. The van der Waals surface area contributed by atoms with Crippen LogP contribution in [0.5, 0.6) is 0 Å². The number of aliphatic hydroxyl groups is 1. The van der Waals surface area contributed by atoms with Crippen LogP contribution in [-0.4, -0.2) is 17.8 Å². The van der Waals surface area contributed by atoms with Crippen molar-refractivity contribution in [1.29, 1.82) is 0 Å². The van der Waals surface area contributed by atoms with Crippen LogP contribution in [0.4, 0.5) is 10.1 Å². The summed E-state index contributed by atoms with van der Waals surface area (Å²) in [5.41, 5.74) is 0.914. The maximum absolute atomic E-state index is 12.6. The molecule has 3 heteroatoms. The molecule has 2 nitrogen and oxygen atoms in total. The lowest BCUT2D eigenvalue weighted by molar-refractivity contribution is 0.282. The third-order valence-corrected chi connectivity index (χ3v) is 2.05. The van der Waals surface area contributed by atoms with Gasteiger partial charge in [-0.2, -0.15) is 0 Å². The molecular weight excluding hydrogens is 181 g/mol. The van der Waals surface area contributed by atoms with Crippen LogP contribution in [0, 0.1) is 5.82 Å². The molecule has 0 amide bonds. The Morgan fingerprint density at radius 1 is 1.36 bits per heavy atom. The number of rotatable bonds is 5. The molecule has 0 aliphatic heterocycles. The van der Waals surface area contributed by atoms with Gasteiger partial charge in [-0.3, -0.25) is 0 Å². The molecular formula is C11H16FNO. The molecule has 0 fully saturated rings. The van der Waals surface area contributed by atoms with E-state index in [9.17, 15) is 4.39 Å². The number of hydrogen-bond acceptors (Lipinski definition) is 2. The predicted molar refractivity (Wildman–Crippen MR) is 55.8 cm³/mol. The molecule has 0 aromatic heterocycles. The van der Waals surface area contributed by atoms with E-state index in [1.165, 1.54) is 12.1 Å². The Bertz CT molecular complexity index is 260. The Labute approximate surface area is 83.8 Å². The Morgan fingerprint density at radius 3 is 2.57 bits per heavy atom. The van der Waals surface area contributed by atoms with E-state index in [0.717, 1.165) is 18.5 Å². The van der Waals surface area contributed by atoms with Crippen molar-refractivity contribution in [1.82, 2.24) is 0 Å². The largest absolute Gasteiger partial charge is 0.396 e. The van der Waals surface area contributed by atoms with Gasteiger partial charge in [-0.15, -0.1) is 0 Å². The zero-order valence-corrected chi connectivity index (χ0v) is 8.33. The van der Waals surface area contributed by atoms with Crippen LogP contribution in [0.25, 0.3) is 0 Å². The number of nitrogens with one attached hydrogen (secondary N) is 1. The summed E-state index contributed by atoms with van der Waals surface area (Å²) in [6.45, 7) is 2.26. The fraction of sp³-hybridized carbons (Fsp3) is 0.455. The minimum atomic E-state index is -0.224. The molecule has 0 saturated carbocycles. The quantitative estimate of drug-likeness (QED) is 0.759. The first-order valence-electron chi connectivity index (χ1n) is 4.85. The highest BCUT2D eigenvalue weighted by Gasteiger charge is 2.00. The van der Waals surface area contributed by atoms with Crippen LogP contribution in [-0.2, 0) is 0 Å². The molecule has 0 spiro atoms. The van der Waals surface area contributed by atoms with Crippen LogP contribution in [0.1, 0.15) is 19.8 Å². The van der Waals surface area contributed by atoms with Crippen LogP contribution in [0.3, 0.4) is 0 Å². The Kier molecular flexibility index (Phi) is 4.40. The van der Waals surface area contributed by atoms with E-state index in [2.05, 4.69) is 5.32 Å². The third kappa shape index (κ3) is 3.75. The number of hydrogen-bond donors (Lipinski definition) is 2. The van der Waals surface area contributed by atoms with Crippen molar-refractivity contribution in [3.63, 3.8) is 0 Å². The van der Waals surface area contributed by atoms with Gasteiger partial charge in [0.2, 0.25) is 0 Å². The van der Waals surface area contributed by atoms with Gasteiger partial charge in [0.1, 0.15) is 5.82 Å². The standard InChI is InChI=1S/C11H16FNO/c1-9(3-2-8-14)13-11-6-4-10(12)5-7-11/h4-7,9,13-14H,2-3,8H2,1H3. The van der Waals surface area contributed by atoms with Crippen LogP contribution in [0.15, 0.2) is 24.3 Å². The molecule has 0 aliphatic carbocycles. The van der Waals surface area contributed by atoms with Gasteiger partial charge in [0, 0.05) is 18.3 Å².